The molecule has 16 heavy (non-hydrogen) atoms. The van der Waals surface area contributed by atoms with E-state index in [1.807, 2.05) is 6.07 Å². The largest absolute Gasteiger partial charge is 0.496 e. The van der Waals surface area contributed by atoms with Crippen molar-refractivity contribution < 1.29 is 4.74 Å². The summed E-state index contributed by atoms with van der Waals surface area (Å²) < 4.78 is 5.44. The molecule has 0 saturated heterocycles. The summed E-state index contributed by atoms with van der Waals surface area (Å²) >= 11 is 3.59. The van der Waals surface area contributed by atoms with Crippen LogP contribution in [0.4, 0.5) is 0 Å². The van der Waals surface area contributed by atoms with Crippen molar-refractivity contribution in [1.29, 1.82) is 0 Å². The molecule has 0 bridgehead atoms. The van der Waals surface area contributed by atoms with Crippen LogP contribution in [0.25, 0.3) is 0 Å². The van der Waals surface area contributed by atoms with Crippen molar-refractivity contribution in [2.24, 2.45) is 5.92 Å². The van der Waals surface area contributed by atoms with Crippen LogP contribution in [0.5, 0.6) is 5.75 Å². The van der Waals surface area contributed by atoms with Gasteiger partial charge in [-0.15, -0.1) is 0 Å². The second-order valence-corrected chi connectivity index (χ2v) is 5.26. The number of hydrogen-bond donors (Lipinski definition) is 0. The smallest absolute Gasteiger partial charge is 0.122 e. The topological polar surface area (TPSA) is 9.23 Å². The molecule has 0 radical (unpaired) electrons. The summed E-state index contributed by atoms with van der Waals surface area (Å²) in [4.78, 5) is 0. The van der Waals surface area contributed by atoms with Gasteiger partial charge in [0.15, 0.2) is 0 Å². The predicted octanol–water partition coefficient (Wildman–Crippen LogP) is 4.36. The zero-order valence-electron chi connectivity index (χ0n) is 9.79. The minimum atomic E-state index is 0.700. The Balaban J connectivity index is 2.07. The van der Waals surface area contributed by atoms with Crippen LogP contribution in [0.3, 0.4) is 0 Å². The van der Waals surface area contributed by atoms with Gasteiger partial charge in [-0.25, -0.2) is 0 Å². The van der Waals surface area contributed by atoms with Crippen molar-refractivity contribution in [2.75, 3.05) is 12.4 Å². The molecule has 1 nitrogen and oxygen atoms in total. The Morgan fingerprint density at radius 2 is 1.88 bits per heavy atom. The molecule has 1 aliphatic rings. The quantitative estimate of drug-likeness (QED) is 0.749. The maximum atomic E-state index is 5.44. The summed E-state index contributed by atoms with van der Waals surface area (Å²) in [5.41, 5.74) is 1.40. The van der Waals surface area contributed by atoms with Gasteiger partial charge in [0.05, 0.1) is 7.11 Å². The lowest BCUT2D eigenvalue weighted by atomic mass is 9.79. The van der Waals surface area contributed by atoms with Crippen LogP contribution in [-0.2, 0) is 0 Å². The highest BCUT2D eigenvalue weighted by Gasteiger charge is 2.23. The van der Waals surface area contributed by atoms with Gasteiger partial charge < -0.3 is 4.74 Å². The number of methoxy groups -OCH3 is 1. The van der Waals surface area contributed by atoms with E-state index in [0.29, 0.717) is 5.92 Å². The van der Waals surface area contributed by atoms with Crippen molar-refractivity contribution in [1.82, 2.24) is 0 Å². The molecule has 1 fully saturated rings. The molecule has 2 heteroatoms. The van der Waals surface area contributed by atoms with Crippen LogP contribution in [0.2, 0.25) is 0 Å². The zero-order chi connectivity index (χ0) is 11.4. The Morgan fingerprint density at radius 1 is 1.19 bits per heavy atom. The van der Waals surface area contributed by atoms with E-state index >= 15 is 0 Å². The van der Waals surface area contributed by atoms with E-state index in [1.165, 1.54) is 31.2 Å². The molecule has 2 rings (SSSR count). The van der Waals surface area contributed by atoms with Gasteiger partial charge in [0.1, 0.15) is 5.75 Å². The molecule has 0 spiro atoms. The molecular formula is C14H19BrO. The van der Waals surface area contributed by atoms with Crippen molar-refractivity contribution >= 4 is 15.9 Å². The summed E-state index contributed by atoms with van der Waals surface area (Å²) in [6.07, 6.45) is 5.29. The first-order valence-electron chi connectivity index (χ1n) is 6.04. The lowest BCUT2D eigenvalue weighted by molar-refractivity contribution is 0.341. The van der Waals surface area contributed by atoms with E-state index in [-0.39, 0.29) is 0 Å². The maximum Gasteiger partial charge on any atom is 0.122 e. The third-order valence-electron chi connectivity index (χ3n) is 3.64. The first-order valence-corrected chi connectivity index (χ1v) is 7.16. The minimum absolute atomic E-state index is 0.700. The van der Waals surface area contributed by atoms with Gasteiger partial charge >= 0.3 is 0 Å². The van der Waals surface area contributed by atoms with Gasteiger partial charge in [0.2, 0.25) is 0 Å². The molecule has 0 aliphatic heterocycles. The van der Waals surface area contributed by atoms with E-state index in [1.54, 1.807) is 7.11 Å². The molecular weight excluding hydrogens is 264 g/mol. The van der Waals surface area contributed by atoms with Gasteiger partial charge in [-0.05, 0) is 49.1 Å². The van der Waals surface area contributed by atoms with Crippen molar-refractivity contribution in [3.63, 3.8) is 0 Å². The third kappa shape index (κ3) is 2.60. The number of para-hydroxylation sites is 1. The zero-order valence-corrected chi connectivity index (χ0v) is 11.4. The Hall–Kier alpha value is -0.500. The molecule has 1 aromatic rings. The fourth-order valence-electron chi connectivity index (χ4n) is 2.63. The predicted molar refractivity (Wildman–Crippen MR) is 71.5 cm³/mol. The molecule has 1 saturated carbocycles. The number of ether oxygens (including phenoxy) is 1. The van der Waals surface area contributed by atoms with E-state index < -0.39 is 0 Å². The number of alkyl halides is 1. The lowest BCUT2D eigenvalue weighted by Gasteiger charge is -2.28. The van der Waals surface area contributed by atoms with Crippen LogP contribution < -0.4 is 4.74 Å². The van der Waals surface area contributed by atoms with Crippen LogP contribution in [-0.4, -0.2) is 12.4 Å². The molecule has 88 valence electrons. The fourth-order valence-corrected chi connectivity index (χ4v) is 3.28. The Labute approximate surface area is 106 Å². The minimum Gasteiger partial charge on any atom is -0.496 e. The fraction of sp³-hybridized carbons (Fsp3) is 0.571. The second-order valence-electron chi connectivity index (χ2n) is 4.61. The number of rotatable bonds is 3. The van der Waals surface area contributed by atoms with Gasteiger partial charge in [-0.2, -0.15) is 0 Å². The first-order chi connectivity index (χ1) is 7.85. The highest BCUT2D eigenvalue weighted by Crippen LogP contribution is 2.39. The maximum absolute atomic E-state index is 5.44. The summed E-state index contributed by atoms with van der Waals surface area (Å²) in [7, 11) is 1.77. The molecule has 0 unspecified atom stereocenters. The van der Waals surface area contributed by atoms with Crippen molar-refractivity contribution in [3.8, 4) is 5.75 Å². The number of benzene rings is 1. The van der Waals surface area contributed by atoms with Crippen molar-refractivity contribution in [3.05, 3.63) is 29.8 Å². The SMILES string of the molecule is COc1ccccc1C1CCC(CBr)CC1. The van der Waals surface area contributed by atoms with Gasteiger partial charge in [0.25, 0.3) is 0 Å². The standard InChI is InChI=1S/C14H19BrO/c1-16-14-5-3-2-4-13(14)12-8-6-11(10-15)7-9-12/h2-5,11-12H,6-10H2,1H3. The Kier molecular flexibility index (Phi) is 4.28. The summed E-state index contributed by atoms with van der Waals surface area (Å²) in [5.74, 6) is 2.64. The summed E-state index contributed by atoms with van der Waals surface area (Å²) in [6.45, 7) is 0. The normalized spacial score (nSPS) is 25.4. The number of hydrogen-bond acceptors (Lipinski definition) is 1. The van der Waals surface area contributed by atoms with Crippen LogP contribution in [0.1, 0.15) is 37.2 Å². The van der Waals surface area contributed by atoms with Gasteiger partial charge in [0, 0.05) is 5.33 Å². The first kappa shape index (κ1) is 12.0. The Morgan fingerprint density at radius 3 is 2.50 bits per heavy atom. The molecule has 0 heterocycles. The summed E-state index contributed by atoms with van der Waals surface area (Å²) in [6, 6.07) is 8.46. The van der Waals surface area contributed by atoms with Crippen LogP contribution in [0, 0.1) is 5.92 Å². The van der Waals surface area contributed by atoms with Crippen molar-refractivity contribution in [2.45, 2.75) is 31.6 Å². The van der Waals surface area contributed by atoms with Gasteiger partial charge in [-0.1, -0.05) is 34.1 Å². The number of halogens is 1. The average Bonchev–Trinajstić information content (AvgIpc) is 2.39. The molecule has 0 aromatic heterocycles. The highest BCUT2D eigenvalue weighted by atomic mass is 79.9. The summed E-state index contributed by atoms with van der Waals surface area (Å²) in [5, 5.41) is 1.16. The molecule has 1 aliphatic carbocycles. The third-order valence-corrected chi connectivity index (χ3v) is 4.56. The van der Waals surface area contributed by atoms with E-state index in [2.05, 4.69) is 34.1 Å². The molecule has 0 atom stereocenters. The van der Waals surface area contributed by atoms with E-state index in [0.717, 1.165) is 17.0 Å². The van der Waals surface area contributed by atoms with E-state index in [4.69, 9.17) is 4.74 Å². The lowest BCUT2D eigenvalue weighted by Crippen LogP contribution is -2.14. The van der Waals surface area contributed by atoms with Crippen LogP contribution in [0.15, 0.2) is 24.3 Å². The average molecular weight is 283 g/mol. The molecule has 1 aromatic carbocycles. The van der Waals surface area contributed by atoms with E-state index in [9.17, 15) is 0 Å². The highest BCUT2D eigenvalue weighted by molar-refractivity contribution is 9.09. The Bertz CT molecular complexity index is 329. The second kappa shape index (κ2) is 5.72. The monoisotopic (exact) mass is 282 g/mol. The van der Waals surface area contributed by atoms with Crippen LogP contribution >= 0.6 is 15.9 Å². The molecule has 0 N–H and O–H groups in total. The molecule has 0 amide bonds. The van der Waals surface area contributed by atoms with Gasteiger partial charge in [-0.3, -0.25) is 0 Å².